The summed E-state index contributed by atoms with van der Waals surface area (Å²) in [5, 5.41) is 2.55. The SMILES string of the molecule is COC(=O)[C@@H](NC(=O)c1ccc(C)c(F)c1)C(C)C. The lowest BCUT2D eigenvalue weighted by Crippen LogP contribution is -2.45. The first kappa shape index (κ1) is 15.1. The first-order valence-electron chi connectivity index (χ1n) is 6.01. The maximum absolute atomic E-state index is 13.4. The van der Waals surface area contributed by atoms with Gasteiger partial charge in [-0.3, -0.25) is 4.79 Å². The van der Waals surface area contributed by atoms with Gasteiger partial charge in [0.05, 0.1) is 7.11 Å². The van der Waals surface area contributed by atoms with E-state index in [0.29, 0.717) is 5.56 Å². The van der Waals surface area contributed by atoms with E-state index >= 15 is 0 Å². The van der Waals surface area contributed by atoms with Crippen LogP contribution in [0, 0.1) is 18.7 Å². The van der Waals surface area contributed by atoms with Gasteiger partial charge in [-0.1, -0.05) is 19.9 Å². The van der Waals surface area contributed by atoms with E-state index in [2.05, 4.69) is 10.1 Å². The Morgan fingerprint density at radius 2 is 1.95 bits per heavy atom. The van der Waals surface area contributed by atoms with E-state index < -0.39 is 23.7 Å². The number of halogens is 1. The standard InChI is InChI=1S/C14H18FNO3/c1-8(2)12(14(18)19-4)16-13(17)10-6-5-9(3)11(15)7-10/h5-8,12H,1-4H3,(H,16,17)/t12-/m0/s1. The summed E-state index contributed by atoms with van der Waals surface area (Å²) in [6, 6.07) is 3.44. The van der Waals surface area contributed by atoms with Crippen LogP contribution in [0.2, 0.25) is 0 Å². The number of rotatable bonds is 4. The summed E-state index contributed by atoms with van der Waals surface area (Å²) in [5.41, 5.74) is 0.641. The molecule has 0 fully saturated rings. The topological polar surface area (TPSA) is 55.4 Å². The predicted octanol–water partition coefficient (Wildman–Crippen LogP) is 2.06. The molecule has 0 aromatic heterocycles. The second-order valence-corrected chi connectivity index (χ2v) is 4.68. The molecule has 0 heterocycles. The van der Waals surface area contributed by atoms with Crippen molar-refractivity contribution in [2.45, 2.75) is 26.8 Å². The highest BCUT2D eigenvalue weighted by molar-refractivity contribution is 5.96. The van der Waals surface area contributed by atoms with E-state index in [0.717, 1.165) is 6.07 Å². The summed E-state index contributed by atoms with van der Waals surface area (Å²) in [5.74, 6) is -1.59. The minimum atomic E-state index is -0.748. The molecule has 1 aromatic carbocycles. The number of carbonyl (C=O) groups excluding carboxylic acids is 2. The highest BCUT2D eigenvalue weighted by Crippen LogP contribution is 2.11. The van der Waals surface area contributed by atoms with Crippen molar-refractivity contribution in [3.63, 3.8) is 0 Å². The Morgan fingerprint density at radius 3 is 2.42 bits per heavy atom. The van der Waals surface area contributed by atoms with E-state index in [-0.39, 0.29) is 11.5 Å². The molecule has 0 radical (unpaired) electrons. The molecule has 0 spiro atoms. The Bertz CT molecular complexity index is 486. The van der Waals surface area contributed by atoms with Crippen molar-refractivity contribution in [3.8, 4) is 0 Å². The van der Waals surface area contributed by atoms with Gasteiger partial charge in [0, 0.05) is 5.56 Å². The summed E-state index contributed by atoms with van der Waals surface area (Å²) >= 11 is 0. The van der Waals surface area contributed by atoms with Crippen molar-refractivity contribution in [2.75, 3.05) is 7.11 Å². The molecule has 0 saturated heterocycles. The van der Waals surface area contributed by atoms with E-state index in [1.54, 1.807) is 20.8 Å². The van der Waals surface area contributed by atoms with Crippen molar-refractivity contribution in [2.24, 2.45) is 5.92 Å². The molecule has 1 aromatic rings. The smallest absolute Gasteiger partial charge is 0.328 e. The third-order valence-electron chi connectivity index (χ3n) is 2.84. The van der Waals surface area contributed by atoms with E-state index in [4.69, 9.17) is 0 Å². The van der Waals surface area contributed by atoms with Crippen LogP contribution in [-0.2, 0) is 9.53 Å². The number of methoxy groups -OCH3 is 1. The van der Waals surface area contributed by atoms with E-state index in [1.807, 2.05) is 0 Å². The highest BCUT2D eigenvalue weighted by atomic mass is 19.1. The van der Waals surface area contributed by atoms with Crippen LogP contribution in [-0.4, -0.2) is 25.0 Å². The molecule has 5 heteroatoms. The van der Waals surface area contributed by atoms with Gasteiger partial charge in [0.25, 0.3) is 5.91 Å². The molecule has 0 bridgehead atoms. The molecule has 4 nitrogen and oxygen atoms in total. The van der Waals surface area contributed by atoms with Crippen molar-refractivity contribution in [3.05, 3.63) is 35.1 Å². The van der Waals surface area contributed by atoms with Gasteiger partial charge in [0.2, 0.25) is 0 Å². The Kier molecular flexibility index (Phi) is 5.03. The third kappa shape index (κ3) is 3.77. The highest BCUT2D eigenvalue weighted by Gasteiger charge is 2.25. The number of carbonyl (C=O) groups is 2. The largest absolute Gasteiger partial charge is 0.467 e. The summed E-state index contributed by atoms with van der Waals surface area (Å²) < 4.78 is 18.0. The summed E-state index contributed by atoms with van der Waals surface area (Å²) in [7, 11) is 1.26. The van der Waals surface area contributed by atoms with Crippen LogP contribution < -0.4 is 5.32 Å². The number of benzene rings is 1. The minimum absolute atomic E-state index is 0.119. The van der Waals surface area contributed by atoms with Crippen LogP contribution >= 0.6 is 0 Å². The van der Waals surface area contributed by atoms with Crippen molar-refractivity contribution >= 4 is 11.9 Å². The van der Waals surface area contributed by atoms with Gasteiger partial charge < -0.3 is 10.1 Å². The normalized spacial score (nSPS) is 12.1. The average Bonchev–Trinajstić information content (AvgIpc) is 2.37. The van der Waals surface area contributed by atoms with Crippen LogP contribution in [0.5, 0.6) is 0 Å². The van der Waals surface area contributed by atoms with Gasteiger partial charge >= 0.3 is 5.97 Å². The third-order valence-corrected chi connectivity index (χ3v) is 2.84. The maximum Gasteiger partial charge on any atom is 0.328 e. The summed E-state index contributed by atoms with van der Waals surface area (Å²) in [6.07, 6.45) is 0. The van der Waals surface area contributed by atoms with Crippen LogP contribution in [0.15, 0.2) is 18.2 Å². The number of aryl methyl sites for hydroxylation is 1. The second-order valence-electron chi connectivity index (χ2n) is 4.68. The van der Waals surface area contributed by atoms with E-state index in [1.165, 1.54) is 19.2 Å². The van der Waals surface area contributed by atoms with Crippen LogP contribution in [0.3, 0.4) is 0 Å². The monoisotopic (exact) mass is 267 g/mol. The number of ether oxygens (including phenoxy) is 1. The molecule has 0 aliphatic heterocycles. The molecule has 0 aliphatic carbocycles. The molecule has 0 unspecified atom stereocenters. The average molecular weight is 267 g/mol. The fraction of sp³-hybridized carbons (Fsp3) is 0.429. The second kappa shape index (κ2) is 6.31. The molecular weight excluding hydrogens is 249 g/mol. The molecule has 0 aliphatic rings. The van der Waals surface area contributed by atoms with Crippen LogP contribution in [0.1, 0.15) is 29.8 Å². The zero-order chi connectivity index (χ0) is 14.6. The lowest BCUT2D eigenvalue weighted by Gasteiger charge is -2.19. The zero-order valence-corrected chi connectivity index (χ0v) is 11.5. The van der Waals surface area contributed by atoms with Crippen LogP contribution in [0.25, 0.3) is 0 Å². The van der Waals surface area contributed by atoms with Gasteiger partial charge in [-0.05, 0) is 30.5 Å². The first-order chi connectivity index (χ1) is 8.86. The van der Waals surface area contributed by atoms with Crippen molar-refractivity contribution in [1.29, 1.82) is 0 Å². The van der Waals surface area contributed by atoms with Gasteiger partial charge in [-0.15, -0.1) is 0 Å². The van der Waals surface area contributed by atoms with Gasteiger partial charge in [-0.2, -0.15) is 0 Å². The Hall–Kier alpha value is -1.91. The molecule has 1 atom stereocenters. The number of hydrogen-bond donors (Lipinski definition) is 1. The minimum Gasteiger partial charge on any atom is -0.467 e. The Balaban J connectivity index is 2.87. The van der Waals surface area contributed by atoms with Crippen molar-refractivity contribution < 1.29 is 18.7 Å². The molecule has 0 saturated carbocycles. The molecule has 19 heavy (non-hydrogen) atoms. The molecular formula is C14H18FNO3. The molecule has 104 valence electrons. The van der Waals surface area contributed by atoms with Gasteiger partial charge in [0.15, 0.2) is 0 Å². The number of hydrogen-bond acceptors (Lipinski definition) is 3. The fourth-order valence-corrected chi connectivity index (χ4v) is 1.58. The number of amides is 1. The van der Waals surface area contributed by atoms with Gasteiger partial charge in [-0.25, -0.2) is 9.18 Å². The first-order valence-corrected chi connectivity index (χ1v) is 6.01. The number of esters is 1. The number of nitrogens with one attached hydrogen (secondary N) is 1. The molecule has 1 rings (SSSR count). The Morgan fingerprint density at radius 1 is 1.32 bits per heavy atom. The fourth-order valence-electron chi connectivity index (χ4n) is 1.58. The molecule has 1 N–H and O–H groups in total. The summed E-state index contributed by atoms with van der Waals surface area (Å²) in [6.45, 7) is 5.19. The Labute approximate surface area is 112 Å². The van der Waals surface area contributed by atoms with Gasteiger partial charge in [0.1, 0.15) is 11.9 Å². The quantitative estimate of drug-likeness (QED) is 0.850. The van der Waals surface area contributed by atoms with Crippen LogP contribution in [0.4, 0.5) is 4.39 Å². The maximum atomic E-state index is 13.4. The lowest BCUT2D eigenvalue weighted by molar-refractivity contribution is -0.144. The van der Waals surface area contributed by atoms with E-state index in [9.17, 15) is 14.0 Å². The molecule has 1 amide bonds. The zero-order valence-electron chi connectivity index (χ0n) is 11.5. The predicted molar refractivity (Wildman–Crippen MR) is 69.2 cm³/mol. The lowest BCUT2D eigenvalue weighted by atomic mass is 10.0. The summed E-state index contributed by atoms with van der Waals surface area (Å²) in [4.78, 5) is 23.5. The van der Waals surface area contributed by atoms with Crippen molar-refractivity contribution in [1.82, 2.24) is 5.32 Å².